The fourth-order valence-electron chi connectivity index (χ4n) is 3.37. The maximum atomic E-state index is 11.7. The van der Waals surface area contributed by atoms with Crippen LogP contribution in [-0.4, -0.2) is 17.7 Å². The van der Waals surface area contributed by atoms with Gasteiger partial charge in [0, 0.05) is 12.1 Å². The lowest BCUT2D eigenvalue weighted by atomic mass is 10.1. The predicted octanol–water partition coefficient (Wildman–Crippen LogP) is 4.10. The highest BCUT2D eigenvalue weighted by molar-refractivity contribution is 5.64. The highest BCUT2D eigenvalue weighted by Gasteiger charge is 2.49. The monoisotopic (exact) mass is 317 g/mol. The lowest BCUT2D eigenvalue weighted by Gasteiger charge is -2.05. The van der Waals surface area contributed by atoms with Crippen molar-refractivity contribution in [3.63, 3.8) is 0 Å². The molecule has 0 aromatic heterocycles. The zero-order valence-corrected chi connectivity index (χ0v) is 12.7. The molecule has 6 nitrogen and oxygen atoms in total. The van der Waals surface area contributed by atoms with Crippen molar-refractivity contribution < 1.29 is 19.2 Å². The summed E-state index contributed by atoms with van der Waals surface area (Å²) in [5.41, 5.74) is -0.0477. The molecule has 3 atom stereocenters. The number of ether oxygens (including phenoxy) is 2. The summed E-state index contributed by atoms with van der Waals surface area (Å²) in [7, 11) is 0. The molecule has 1 saturated carbocycles. The summed E-state index contributed by atoms with van der Waals surface area (Å²) in [6.45, 7) is 0.390. The van der Waals surface area contributed by atoms with E-state index >= 15 is 0 Å². The number of fused-ring (bicyclic) bond motifs is 1. The Hall–Kier alpha value is -2.37. The van der Waals surface area contributed by atoms with E-state index in [1.54, 1.807) is 0 Å². The number of hydrogen-bond acceptors (Lipinski definition) is 5. The first kappa shape index (κ1) is 15.5. The topological polar surface area (TPSA) is 78.7 Å². The van der Waals surface area contributed by atoms with Crippen LogP contribution in [0.2, 0.25) is 0 Å². The normalized spacial score (nSPS) is 27.0. The number of nitro groups is 1. The van der Waals surface area contributed by atoms with Gasteiger partial charge in [-0.25, -0.2) is 4.79 Å². The van der Waals surface area contributed by atoms with Gasteiger partial charge in [0.2, 0.25) is 0 Å². The molecule has 2 unspecified atom stereocenters. The van der Waals surface area contributed by atoms with Gasteiger partial charge in [0.1, 0.15) is 5.75 Å². The number of carbonyl (C=O) groups is 1. The van der Waals surface area contributed by atoms with Gasteiger partial charge in [-0.2, -0.15) is 0 Å². The van der Waals surface area contributed by atoms with Gasteiger partial charge in [0.15, 0.2) is 0 Å². The number of benzene rings is 1. The first-order valence-electron chi connectivity index (χ1n) is 7.89. The molecule has 0 saturated heterocycles. The number of rotatable bonds is 4. The third kappa shape index (κ3) is 3.88. The predicted molar refractivity (Wildman–Crippen MR) is 83.2 cm³/mol. The number of allylic oxidation sites excluding steroid dienone is 2. The lowest BCUT2D eigenvalue weighted by Crippen LogP contribution is -2.13. The maximum absolute atomic E-state index is 11.7. The highest BCUT2D eigenvalue weighted by atomic mass is 16.7. The summed E-state index contributed by atoms with van der Waals surface area (Å²) in [4.78, 5) is 21.8. The fourth-order valence-corrected chi connectivity index (χ4v) is 3.37. The number of hydrogen-bond donors (Lipinski definition) is 0. The molecule has 1 fully saturated rings. The highest BCUT2D eigenvalue weighted by Crippen LogP contribution is 2.52. The van der Waals surface area contributed by atoms with E-state index < -0.39 is 11.1 Å². The molecule has 122 valence electrons. The van der Waals surface area contributed by atoms with Gasteiger partial charge in [-0.3, -0.25) is 10.1 Å². The second-order valence-corrected chi connectivity index (χ2v) is 6.03. The summed E-state index contributed by atoms with van der Waals surface area (Å²) in [5, 5.41) is 10.6. The molecule has 2 aliphatic rings. The second kappa shape index (κ2) is 6.81. The number of non-ortho nitro benzene ring substituents is 1. The molecule has 0 radical (unpaired) electrons. The van der Waals surface area contributed by atoms with Crippen molar-refractivity contribution in [3.8, 4) is 5.75 Å². The van der Waals surface area contributed by atoms with Crippen molar-refractivity contribution in [1.82, 2.24) is 0 Å². The Labute approximate surface area is 134 Å². The van der Waals surface area contributed by atoms with E-state index in [0.717, 1.165) is 25.7 Å². The molecular weight excluding hydrogens is 298 g/mol. The summed E-state index contributed by atoms with van der Waals surface area (Å²) in [6, 6.07) is 5.35. The van der Waals surface area contributed by atoms with E-state index in [2.05, 4.69) is 12.2 Å². The average Bonchev–Trinajstić information content (AvgIpc) is 3.15. The van der Waals surface area contributed by atoms with Gasteiger partial charge < -0.3 is 9.47 Å². The molecule has 2 aliphatic carbocycles. The standard InChI is InChI=1S/C17H19NO5/c19-17(23-13-9-7-12(8-10-13)18(20)21)22-11-16-14-5-3-1-2-4-6-15(14)16/h1-2,7-10,14-16H,3-6,11H2/b2-1+/t14-,15?,16?/m1/s1. The Morgan fingerprint density at radius 1 is 1.13 bits per heavy atom. The molecule has 0 bridgehead atoms. The van der Waals surface area contributed by atoms with Crippen molar-refractivity contribution in [1.29, 1.82) is 0 Å². The zero-order valence-electron chi connectivity index (χ0n) is 12.7. The summed E-state index contributed by atoms with van der Waals surface area (Å²) in [6.07, 6.45) is 8.23. The van der Waals surface area contributed by atoms with Crippen LogP contribution in [0.5, 0.6) is 5.75 Å². The van der Waals surface area contributed by atoms with Crippen molar-refractivity contribution in [2.24, 2.45) is 17.8 Å². The minimum absolute atomic E-state index is 0.0477. The minimum Gasteiger partial charge on any atom is -0.434 e. The first-order chi connectivity index (χ1) is 11.1. The summed E-state index contributed by atoms with van der Waals surface area (Å²) in [5.74, 6) is 2.00. The average molecular weight is 317 g/mol. The van der Waals surface area contributed by atoms with Gasteiger partial charge in [-0.15, -0.1) is 0 Å². The van der Waals surface area contributed by atoms with Crippen molar-refractivity contribution in [2.75, 3.05) is 6.61 Å². The van der Waals surface area contributed by atoms with E-state index in [-0.39, 0.29) is 11.4 Å². The van der Waals surface area contributed by atoms with Crippen LogP contribution in [-0.2, 0) is 4.74 Å². The molecule has 23 heavy (non-hydrogen) atoms. The van der Waals surface area contributed by atoms with Crippen LogP contribution in [0.1, 0.15) is 25.7 Å². The van der Waals surface area contributed by atoms with E-state index in [1.165, 1.54) is 24.3 Å². The molecule has 0 N–H and O–H groups in total. The molecule has 3 rings (SSSR count). The molecule has 1 aromatic carbocycles. The van der Waals surface area contributed by atoms with E-state index in [1.807, 2.05) is 0 Å². The molecule has 0 aliphatic heterocycles. The van der Waals surface area contributed by atoms with Gasteiger partial charge in [-0.05, 0) is 55.6 Å². The van der Waals surface area contributed by atoms with E-state index in [4.69, 9.17) is 9.47 Å². The Bertz CT molecular complexity index is 594. The molecule has 0 spiro atoms. The quantitative estimate of drug-likeness (QED) is 0.274. The number of nitro benzene ring substituents is 1. The number of nitrogens with zero attached hydrogens (tertiary/aromatic N) is 1. The molecule has 0 amide bonds. The summed E-state index contributed by atoms with van der Waals surface area (Å²) < 4.78 is 10.2. The fraction of sp³-hybridized carbons (Fsp3) is 0.471. The lowest BCUT2D eigenvalue weighted by molar-refractivity contribution is -0.384. The maximum Gasteiger partial charge on any atom is 0.513 e. The van der Waals surface area contributed by atoms with Crippen LogP contribution >= 0.6 is 0 Å². The Balaban J connectivity index is 1.44. The Kier molecular flexibility index (Phi) is 4.60. The van der Waals surface area contributed by atoms with Crippen LogP contribution in [0.15, 0.2) is 36.4 Å². The molecule has 1 aromatic rings. The smallest absolute Gasteiger partial charge is 0.434 e. The summed E-state index contributed by atoms with van der Waals surface area (Å²) >= 11 is 0. The van der Waals surface area contributed by atoms with Crippen LogP contribution in [0, 0.1) is 27.9 Å². The minimum atomic E-state index is -0.753. The van der Waals surface area contributed by atoms with Crippen LogP contribution in [0.4, 0.5) is 10.5 Å². The van der Waals surface area contributed by atoms with Crippen molar-refractivity contribution in [3.05, 3.63) is 46.5 Å². The Morgan fingerprint density at radius 2 is 1.74 bits per heavy atom. The van der Waals surface area contributed by atoms with Gasteiger partial charge >= 0.3 is 6.16 Å². The first-order valence-corrected chi connectivity index (χ1v) is 7.89. The van der Waals surface area contributed by atoms with Crippen LogP contribution in [0.3, 0.4) is 0 Å². The van der Waals surface area contributed by atoms with Gasteiger partial charge in [0.05, 0.1) is 11.5 Å². The number of carbonyl (C=O) groups excluding carboxylic acids is 1. The van der Waals surface area contributed by atoms with Crippen molar-refractivity contribution >= 4 is 11.8 Å². The Morgan fingerprint density at radius 3 is 2.30 bits per heavy atom. The van der Waals surface area contributed by atoms with Gasteiger partial charge in [0.25, 0.3) is 5.69 Å². The zero-order chi connectivity index (χ0) is 16.2. The second-order valence-electron chi connectivity index (χ2n) is 6.03. The van der Waals surface area contributed by atoms with Gasteiger partial charge in [-0.1, -0.05) is 12.2 Å². The van der Waals surface area contributed by atoms with E-state index in [0.29, 0.717) is 24.4 Å². The molecule has 0 heterocycles. The molecule has 6 heteroatoms. The van der Waals surface area contributed by atoms with Crippen LogP contribution < -0.4 is 4.74 Å². The SMILES string of the molecule is O=C(OCC1C2CC/C=C/CC[C@H]21)Oc1ccc([N+](=O)[O-])cc1. The largest absolute Gasteiger partial charge is 0.513 e. The van der Waals surface area contributed by atoms with Crippen LogP contribution in [0.25, 0.3) is 0 Å². The van der Waals surface area contributed by atoms with E-state index in [9.17, 15) is 14.9 Å². The van der Waals surface area contributed by atoms with Crippen molar-refractivity contribution in [2.45, 2.75) is 25.7 Å². The molecular formula is C17H19NO5. The third-order valence-corrected chi connectivity index (χ3v) is 4.65. The third-order valence-electron chi connectivity index (χ3n) is 4.65.